The number of fused-ring (bicyclic) bond motifs is 3. The largest absolute Gasteiger partial charge is 0.454 e. The molecule has 0 saturated heterocycles. The molecule has 0 saturated carbocycles. The van der Waals surface area contributed by atoms with Crippen molar-refractivity contribution in [3.63, 3.8) is 0 Å². The van der Waals surface area contributed by atoms with E-state index in [1.807, 2.05) is 91.0 Å². The van der Waals surface area contributed by atoms with Gasteiger partial charge in [-0.05, 0) is 81.4 Å². The lowest BCUT2D eigenvalue weighted by Gasteiger charge is -2.26. The maximum Gasteiger partial charge on any atom is 0.159 e. The van der Waals surface area contributed by atoms with Crippen LogP contribution in [0.4, 0.5) is 21.5 Å². The second-order valence-electron chi connectivity index (χ2n) is 12.6. The van der Waals surface area contributed by atoms with Gasteiger partial charge in [-0.15, -0.1) is 0 Å². The predicted octanol–water partition coefficient (Wildman–Crippen LogP) is 13.9. The van der Waals surface area contributed by atoms with Crippen LogP contribution < -0.4 is 4.90 Å². The summed E-state index contributed by atoms with van der Waals surface area (Å²) in [5, 5.41) is 2.05. The minimum absolute atomic E-state index is 0.300. The maximum atomic E-state index is 16.5. The van der Waals surface area contributed by atoms with Crippen molar-refractivity contribution in [1.29, 1.82) is 0 Å². The fraction of sp³-hybridized carbons (Fsp3) is 0. The molecule has 9 rings (SSSR count). The molecule has 0 radical (unpaired) electrons. The summed E-state index contributed by atoms with van der Waals surface area (Å²) in [7, 11) is 0. The van der Waals surface area contributed by atoms with Crippen molar-refractivity contribution in [2.24, 2.45) is 0 Å². The highest BCUT2D eigenvalue weighted by Crippen LogP contribution is 2.44. The Morgan fingerprint density at radius 3 is 1.53 bits per heavy atom. The first kappa shape index (κ1) is 30.4. The van der Waals surface area contributed by atoms with Gasteiger partial charge in [-0.3, -0.25) is 0 Å². The number of hydrogen-bond acceptors (Lipinski definition) is 2. The van der Waals surface area contributed by atoms with Gasteiger partial charge in [0, 0.05) is 27.7 Å². The Kier molecular flexibility index (Phi) is 7.71. The molecule has 51 heavy (non-hydrogen) atoms. The molecule has 0 bridgehead atoms. The van der Waals surface area contributed by atoms with Gasteiger partial charge in [-0.2, -0.15) is 0 Å². The fourth-order valence-corrected chi connectivity index (χ4v) is 7.18. The quantitative estimate of drug-likeness (QED) is 0.170. The molecule has 0 aliphatic carbocycles. The summed E-state index contributed by atoms with van der Waals surface area (Å²) in [6.07, 6.45) is 0. The van der Waals surface area contributed by atoms with Crippen LogP contribution in [0.5, 0.6) is 0 Å². The van der Waals surface area contributed by atoms with Crippen molar-refractivity contribution in [2.45, 2.75) is 0 Å². The van der Waals surface area contributed by atoms with Crippen LogP contribution in [-0.2, 0) is 0 Å². The van der Waals surface area contributed by atoms with E-state index in [-0.39, 0.29) is 5.82 Å². The molecule has 0 aliphatic rings. The highest BCUT2D eigenvalue weighted by atomic mass is 19.1. The van der Waals surface area contributed by atoms with E-state index in [9.17, 15) is 0 Å². The van der Waals surface area contributed by atoms with E-state index in [2.05, 4.69) is 102 Å². The van der Waals surface area contributed by atoms with Crippen LogP contribution in [0.3, 0.4) is 0 Å². The number of anilines is 3. The lowest BCUT2D eigenvalue weighted by atomic mass is 9.94. The predicted molar refractivity (Wildman–Crippen MR) is 210 cm³/mol. The summed E-state index contributed by atoms with van der Waals surface area (Å²) in [5.74, 6) is -0.300. The third-order valence-corrected chi connectivity index (χ3v) is 9.59. The van der Waals surface area contributed by atoms with Gasteiger partial charge in [-0.1, -0.05) is 152 Å². The molecule has 2 nitrogen and oxygen atoms in total. The van der Waals surface area contributed by atoms with Crippen molar-refractivity contribution in [3.05, 3.63) is 200 Å². The fourth-order valence-electron chi connectivity index (χ4n) is 7.18. The molecule has 0 fully saturated rings. The molecule has 1 aromatic heterocycles. The molecule has 242 valence electrons. The normalized spacial score (nSPS) is 11.2. The van der Waals surface area contributed by atoms with Crippen LogP contribution in [0, 0.1) is 5.82 Å². The second kappa shape index (κ2) is 13.0. The molecule has 0 atom stereocenters. The van der Waals surface area contributed by atoms with Crippen molar-refractivity contribution < 1.29 is 8.81 Å². The van der Waals surface area contributed by atoms with Crippen LogP contribution >= 0.6 is 0 Å². The molecule has 0 spiro atoms. The zero-order valence-corrected chi connectivity index (χ0v) is 27.7. The first-order valence-electron chi connectivity index (χ1n) is 17.1. The van der Waals surface area contributed by atoms with Gasteiger partial charge < -0.3 is 9.32 Å². The van der Waals surface area contributed by atoms with Gasteiger partial charge in [0.05, 0.1) is 5.69 Å². The first-order chi connectivity index (χ1) is 25.2. The first-order valence-corrected chi connectivity index (χ1v) is 17.1. The molecule has 1 heterocycles. The highest BCUT2D eigenvalue weighted by Gasteiger charge is 2.21. The van der Waals surface area contributed by atoms with Gasteiger partial charge >= 0.3 is 0 Å². The molecule has 0 aliphatic heterocycles. The summed E-state index contributed by atoms with van der Waals surface area (Å²) in [5.41, 5.74) is 12.0. The average Bonchev–Trinajstić information content (AvgIpc) is 3.59. The van der Waals surface area contributed by atoms with Gasteiger partial charge in [0.15, 0.2) is 5.58 Å². The molecular formula is C48H32FNO. The number of benzene rings is 8. The molecule has 9 aromatic rings. The molecule has 0 unspecified atom stereocenters. The highest BCUT2D eigenvalue weighted by molar-refractivity contribution is 6.10. The standard InChI is InChI=1S/C48H32FNO/c49-45-32-37(30-31-42(45)41-21-10-9-20-40(41)34-16-5-2-6-17-34)50(46-24-13-23-44-43-22-11-12-25-47(43)51-48(44)46)36-28-26-35(27-29-36)39-19-8-7-18-38(39)33-14-3-1-4-15-33/h1-32H. The van der Waals surface area contributed by atoms with Gasteiger partial charge in [-0.25, -0.2) is 4.39 Å². The van der Waals surface area contributed by atoms with Gasteiger partial charge in [0.25, 0.3) is 0 Å². The third-order valence-electron chi connectivity index (χ3n) is 9.59. The summed E-state index contributed by atoms with van der Waals surface area (Å²) in [4.78, 5) is 2.09. The Labute approximate surface area is 296 Å². The molecule has 3 heteroatoms. The van der Waals surface area contributed by atoms with Crippen LogP contribution in [0.2, 0.25) is 0 Å². The number of nitrogens with zero attached hydrogens (tertiary/aromatic N) is 1. The Morgan fingerprint density at radius 2 is 0.882 bits per heavy atom. The summed E-state index contributed by atoms with van der Waals surface area (Å²) in [6.45, 7) is 0. The Balaban J connectivity index is 1.19. The van der Waals surface area contributed by atoms with Crippen molar-refractivity contribution in [3.8, 4) is 44.5 Å². The lowest BCUT2D eigenvalue weighted by Crippen LogP contribution is -2.10. The van der Waals surface area contributed by atoms with Crippen LogP contribution in [0.25, 0.3) is 66.4 Å². The van der Waals surface area contributed by atoms with E-state index in [0.717, 1.165) is 61.1 Å². The monoisotopic (exact) mass is 657 g/mol. The van der Waals surface area contributed by atoms with E-state index in [1.165, 1.54) is 11.1 Å². The van der Waals surface area contributed by atoms with E-state index >= 15 is 4.39 Å². The zero-order valence-electron chi connectivity index (χ0n) is 27.7. The number of halogens is 1. The Morgan fingerprint density at radius 1 is 0.373 bits per heavy atom. The average molecular weight is 658 g/mol. The number of furan rings is 1. The van der Waals surface area contributed by atoms with Crippen LogP contribution in [0.15, 0.2) is 199 Å². The Hall–Kier alpha value is -6.71. The van der Waals surface area contributed by atoms with E-state index in [1.54, 1.807) is 6.07 Å². The minimum atomic E-state index is -0.300. The van der Waals surface area contributed by atoms with Gasteiger partial charge in [0.1, 0.15) is 11.4 Å². The number of rotatable bonds is 7. The SMILES string of the molecule is Fc1cc(N(c2ccc(-c3ccccc3-c3ccccc3)cc2)c2cccc3c2oc2ccccc23)ccc1-c1ccccc1-c1ccccc1. The number of para-hydroxylation sites is 2. The number of hydrogen-bond donors (Lipinski definition) is 0. The summed E-state index contributed by atoms with van der Waals surface area (Å²) >= 11 is 0. The third kappa shape index (κ3) is 5.55. The molecule has 0 N–H and O–H groups in total. The smallest absolute Gasteiger partial charge is 0.159 e. The van der Waals surface area contributed by atoms with E-state index < -0.39 is 0 Å². The van der Waals surface area contributed by atoms with Crippen LogP contribution in [0.1, 0.15) is 0 Å². The topological polar surface area (TPSA) is 16.4 Å². The van der Waals surface area contributed by atoms with Crippen molar-refractivity contribution in [2.75, 3.05) is 4.90 Å². The summed E-state index contributed by atoms with van der Waals surface area (Å²) in [6, 6.07) is 65.3. The molecule has 0 amide bonds. The van der Waals surface area contributed by atoms with E-state index in [0.29, 0.717) is 11.3 Å². The van der Waals surface area contributed by atoms with Gasteiger partial charge in [0.2, 0.25) is 0 Å². The van der Waals surface area contributed by atoms with Crippen LogP contribution in [-0.4, -0.2) is 0 Å². The van der Waals surface area contributed by atoms with Crippen molar-refractivity contribution in [1.82, 2.24) is 0 Å². The minimum Gasteiger partial charge on any atom is -0.454 e. The lowest BCUT2D eigenvalue weighted by molar-refractivity contribution is 0.631. The molecular weight excluding hydrogens is 626 g/mol. The molecule has 8 aromatic carbocycles. The maximum absolute atomic E-state index is 16.5. The van der Waals surface area contributed by atoms with E-state index in [4.69, 9.17) is 4.42 Å². The van der Waals surface area contributed by atoms with Crippen molar-refractivity contribution >= 4 is 39.0 Å². The summed E-state index contributed by atoms with van der Waals surface area (Å²) < 4.78 is 23.1. The second-order valence-corrected chi connectivity index (χ2v) is 12.6. The Bertz CT molecular complexity index is 2640. The zero-order chi connectivity index (χ0) is 34.1.